The molecule has 1 unspecified atom stereocenters. The average Bonchev–Trinajstić information content (AvgIpc) is 3.32. The van der Waals surface area contributed by atoms with E-state index in [9.17, 15) is 9.59 Å². The molecule has 2 aromatic carbocycles. The summed E-state index contributed by atoms with van der Waals surface area (Å²) in [5.74, 6) is -2.89. The molecule has 1 saturated carbocycles. The molecule has 2 saturated heterocycles. The van der Waals surface area contributed by atoms with Gasteiger partial charge in [-0.2, -0.15) is 5.10 Å². The lowest BCUT2D eigenvalue weighted by Gasteiger charge is -2.38. The van der Waals surface area contributed by atoms with Crippen molar-refractivity contribution in [3.8, 4) is 5.75 Å². The number of alkyl halides is 2. The molecule has 8 nitrogen and oxygen atoms in total. The van der Waals surface area contributed by atoms with Crippen molar-refractivity contribution in [1.82, 2.24) is 20.0 Å². The maximum absolute atomic E-state index is 15.3. The van der Waals surface area contributed by atoms with Crippen LogP contribution < -0.4 is 15.0 Å². The molecule has 1 atom stereocenters. The number of fused-ring (bicyclic) bond motifs is 1. The van der Waals surface area contributed by atoms with Gasteiger partial charge in [-0.25, -0.2) is 8.78 Å². The Bertz CT molecular complexity index is 1530. The van der Waals surface area contributed by atoms with E-state index in [1.54, 1.807) is 4.68 Å². The molecule has 0 radical (unpaired) electrons. The van der Waals surface area contributed by atoms with Gasteiger partial charge in [-0.05, 0) is 63.1 Å². The van der Waals surface area contributed by atoms with Gasteiger partial charge in [-0.15, -0.1) is 0 Å². The van der Waals surface area contributed by atoms with E-state index in [1.807, 2.05) is 55.3 Å². The summed E-state index contributed by atoms with van der Waals surface area (Å²) in [6, 6.07) is 11.9. The van der Waals surface area contributed by atoms with E-state index in [-0.39, 0.29) is 36.8 Å². The van der Waals surface area contributed by atoms with Crippen molar-refractivity contribution < 1.29 is 23.1 Å². The van der Waals surface area contributed by atoms with Gasteiger partial charge in [-0.3, -0.25) is 24.5 Å². The van der Waals surface area contributed by atoms with Crippen LogP contribution in [0.15, 0.2) is 40.9 Å². The monoisotopic (exact) mass is 671 g/mol. The average molecular weight is 673 g/mol. The summed E-state index contributed by atoms with van der Waals surface area (Å²) in [6.07, 6.45) is 3.86. The predicted molar refractivity (Wildman–Crippen MR) is 169 cm³/mol. The van der Waals surface area contributed by atoms with Crippen LogP contribution in [-0.2, 0) is 16.6 Å². The summed E-state index contributed by atoms with van der Waals surface area (Å²) in [5.41, 5.74) is 3.65. The fraction of sp³-hybridized carbons (Fsp3) is 0.545. The first kappa shape index (κ1) is 31.0. The number of benzene rings is 2. The number of anilines is 1. The molecule has 6 rings (SSSR count). The fourth-order valence-corrected chi connectivity index (χ4v) is 7.47. The highest BCUT2D eigenvalue weighted by molar-refractivity contribution is 9.10. The Kier molecular flexibility index (Phi) is 8.97. The highest BCUT2D eigenvalue weighted by atomic mass is 79.9. The van der Waals surface area contributed by atoms with Crippen molar-refractivity contribution in [2.45, 2.75) is 69.8 Å². The first-order chi connectivity index (χ1) is 21.1. The number of nitrogens with zero attached hydrogens (tertiary/aromatic N) is 4. The minimum Gasteiger partial charge on any atom is -0.490 e. The van der Waals surface area contributed by atoms with Crippen molar-refractivity contribution in [1.29, 1.82) is 0 Å². The molecule has 44 heavy (non-hydrogen) atoms. The molecule has 1 N–H and O–H groups in total. The molecule has 3 aromatic rings. The van der Waals surface area contributed by atoms with E-state index in [0.717, 1.165) is 58.1 Å². The van der Waals surface area contributed by atoms with Crippen LogP contribution >= 0.6 is 15.9 Å². The number of halogens is 3. The number of rotatable bonds is 8. The number of amides is 2. The molecule has 236 valence electrons. The highest BCUT2D eigenvalue weighted by Gasteiger charge is 2.38. The SMILES string of the molecule is Cc1c(Br)cccc1OC1CCC(CC(F)(F)CN2CCN(c3cccc4c(C5CCC(=O)NC5=O)nn(C)c34)CC2)CC1. The van der Waals surface area contributed by atoms with Gasteiger partial charge in [0.15, 0.2) is 0 Å². The summed E-state index contributed by atoms with van der Waals surface area (Å²) < 4.78 is 39.6. The van der Waals surface area contributed by atoms with Crippen LogP contribution in [0.5, 0.6) is 5.75 Å². The molecular weight excluding hydrogens is 632 g/mol. The van der Waals surface area contributed by atoms with Crippen molar-refractivity contribution in [2.75, 3.05) is 37.6 Å². The van der Waals surface area contributed by atoms with Crippen LogP contribution in [-0.4, -0.2) is 71.2 Å². The van der Waals surface area contributed by atoms with Crippen LogP contribution in [0.25, 0.3) is 10.9 Å². The normalized spacial score (nSPS) is 23.7. The second-order valence-corrected chi connectivity index (χ2v) is 13.5. The zero-order valence-electron chi connectivity index (χ0n) is 25.3. The van der Waals surface area contributed by atoms with Gasteiger partial charge in [-0.1, -0.05) is 34.1 Å². The number of piperazine rings is 1. The molecule has 11 heteroatoms. The zero-order chi connectivity index (χ0) is 31.0. The standard InChI is InChI=1S/C33H40BrF2N5O3/c1-21-26(34)6-4-8-28(21)44-23-11-9-22(10-12-23)19-33(35,36)20-40-15-17-41(18-16-40)27-7-3-5-24-30(38-39(2)31(24)27)25-13-14-29(42)37-32(25)43/h3-8,22-23,25H,9-20H2,1-2H3,(H,37,42,43). The van der Waals surface area contributed by atoms with Crippen LogP contribution in [0, 0.1) is 12.8 Å². The minimum absolute atomic E-state index is 0.00995. The maximum Gasteiger partial charge on any atom is 0.260 e. The van der Waals surface area contributed by atoms with E-state index >= 15 is 8.78 Å². The quantitative estimate of drug-likeness (QED) is 0.298. The van der Waals surface area contributed by atoms with Gasteiger partial charge in [0.25, 0.3) is 5.92 Å². The molecule has 3 fully saturated rings. The number of carbonyl (C=O) groups excluding carboxylic acids is 2. The van der Waals surface area contributed by atoms with Gasteiger partial charge in [0.05, 0.1) is 35.5 Å². The smallest absolute Gasteiger partial charge is 0.260 e. The van der Waals surface area contributed by atoms with Gasteiger partial charge >= 0.3 is 0 Å². The molecule has 1 aliphatic carbocycles. The van der Waals surface area contributed by atoms with Crippen LogP contribution in [0.4, 0.5) is 14.5 Å². The number of carbonyl (C=O) groups is 2. The number of ether oxygens (including phenoxy) is 1. The van der Waals surface area contributed by atoms with E-state index in [1.165, 1.54) is 0 Å². The van der Waals surface area contributed by atoms with E-state index in [2.05, 4.69) is 26.1 Å². The van der Waals surface area contributed by atoms with E-state index < -0.39 is 11.8 Å². The lowest BCUT2D eigenvalue weighted by atomic mass is 9.83. The fourth-order valence-electron chi connectivity index (χ4n) is 7.12. The minimum atomic E-state index is -2.74. The van der Waals surface area contributed by atoms with Crippen LogP contribution in [0.1, 0.15) is 62.1 Å². The predicted octanol–water partition coefficient (Wildman–Crippen LogP) is 5.95. The van der Waals surface area contributed by atoms with E-state index in [0.29, 0.717) is 44.7 Å². The summed E-state index contributed by atoms with van der Waals surface area (Å²) >= 11 is 3.55. The maximum atomic E-state index is 15.3. The Labute approximate surface area is 265 Å². The Hall–Kier alpha value is -3.05. The molecule has 3 aliphatic rings. The summed E-state index contributed by atoms with van der Waals surface area (Å²) in [6.45, 7) is 4.17. The third-order valence-electron chi connectivity index (χ3n) is 9.50. The number of aromatic nitrogens is 2. The van der Waals surface area contributed by atoms with Gasteiger partial charge in [0.1, 0.15) is 5.75 Å². The van der Waals surface area contributed by atoms with Gasteiger partial charge < -0.3 is 9.64 Å². The summed E-state index contributed by atoms with van der Waals surface area (Å²) in [4.78, 5) is 28.3. The second kappa shape index (κ2) is 12.7. The van der Waals surface area contributed by atoms with Crippen LogP contribution in [0.2, 0.25) is 0 Å². The third kappa shape index (κ3) is 6.63. The summed E-state index contributed by atoms with van der Waals surface area (Å²) in [5, 5.41) is 8.02. The van der Waals surface area contributed by atoms with Gasteiger partial charge in [0, 0.05) is 61.5 Å². The Balaban J connectivity index is 1.02. The molecule has 0 spiro atoms. The zero-order valence-corrected chi connectivity index (χ0v) is 26.9. The van der Waals surface area contributed by atoms with E-state index in [4.69, 9.17) is 9.84 Å². The largest absolute Gasteiger partial charge is 0.490 e. The second-order valence-electron chi connectivity index (χ2n) is 12.6. The number of para-hydroxylation sites is 1. The Morgan fingerprint density at radius 2 is 1.75 bits per heavy atom. The molecule has 2 aliphatic heterocycles. The number of aryl methyl sites for hydroxylation is 1. The third-order valence-corrected chi connectivity index (χ3v) is 10.4. The van der Waals surface area contributed by atoms with Crippen molar-refractivity contribution in [3.05, 3.63) is 52.1 Å². The molecule has 2 amide bonds. The number of hydrogen-bond acceptors (Lipinski definition) is 6. The molecule has 1 aromatic heterocycles. The van der Waals surface area contributed by atoms with Gasteiger partial charge in [0.2, 0.25) is 11.8 Å². The molecule has 0 bridgehead atoms. The number of imide groups is 1. The number of hydrogen-bond donors (Lipinski definition) is 1. The lowest BCUT2D eigenvalue weighted by Crippen LogP contribution is -2.50. The first-order valence-corrected chi connectivity index (χ1v) is 16.4. The van der Waals surface area contributed by atoms with Crippen molar-refractivity contribution >= 4 is 44.3 Å². The number of piperidine rings is 1. The first-order valence-electron chi connectivity index (χ1n) is 15.6. The van der Waals surface area contributed by atoms with Crippen LogP contribution in [0.3, 0.4) is 0 Å². The molecule has 3 heterocycles. The topological polar surface area (TPSA) is 79.7 Å². The van der Waals surface area contributed by atoms with Crippen molar-refractivity contribution in [3.63, 3.8) is 0 Å². The Morgan fingerprint density at radius 1 is 1.02 bits per heavy atom. The Morgan fingerprint density at radius 3 is 2.48 bits per heavy atom. The summed E-state index contributed by atoms with van der Waals surface area (Å²) in [7, 11) is 1.86. The molecular formula is C33H40BrF2N5O3. The number of nitrogens with one attached hydrogen (secondary N) is 1. The van der Waals surface area contributed by atoms with Crippen molar-refractivity contribution in [2.24, 2.45) is 13.0 Å². The highest BCUT2D eigenvalue weighted by Crippen LogP contribution is 2.38. The lowest BCUT2D eigenvalue weighted by molar-refractivity contribution is -0.134.